The van der Waals surface area contributed by atoms with Crippen molar-refractivity contribution in [2.45, 2.75) is 31.7 Å². The number of carbonyl (C=O) groups is 3. The van der Waals surface area contributed by atoms with Gasteiger partial charge in [-0.05, 0) is 48.1 Å². The number of hydrogen-bond acceptors (Lipinski definition) is 3. The van der Waals surface area contributed by atoms with E-state index in [0.717, 1.165) is 24.0 Å². The Balaban J connectivity index is 1.25. The second-order valence-electron chi connectivity index (χ2n) is 8.76. The monoisotopic (exact) mass is 538 g/mol. The molecular formula is C28H28Cl2N4O3. The number of aryl methyl sites for hydroxylation is 2. The standard InChI is InChI=1S/C28H28Cl2N4O3/c29-21-12-14-23(33-24(35)15-10-18-6-2-1-3-7-18)26(30)25(21)27(36)31-16-17-32-28(37)34-22-13-11-19-8-4-5-9-20(19)22/h1-9,12,14,22H,10-11,13,15-17H2,(H,31,36)(H,33,35)(H2,32,34,37)/t22-/m1/s1. The van der Waals surface area contributed by atoms with Crippen molar-refractivity contribution in [1.29, 1.82) is 0 Å². The second-order valence-corrected chi connectivity index (χ2v) is 9.55. The molecule has 0 unspecified atom stereocenters. The fourth-order valence-electron chi connectivity index (χ4n) is 4.33. The fourth-order valence-corrected chi connectivity index (χ4v) is 4.92. The summed E-state index contributed by atoms with van der Waals surface area (Å²) < 4.78 is 0. The van der Waals surface area contributed by atoms with Crippen LogP contribution >= 0.6 is 23.2 Å². The molecule has 7 nitrogen and oxygen atoms in total. The van der Waals surface area contributed by atoms with Crippen molar-refractivity contribution >= 4 is 46.7 Å². The Labute approximate surface area is 225 Å². The molecule has 192 valence electrons. The van der Waals surface area contributed by atoms with Gasteiger partial charge < -0.3 is 21.3 Å². The van der Waals surface area contributed by atoms with E-state index in [1.54, 1.807) is 6.07 Å². The summed E-state index contributed by atoms with van der Waals surface area (Å²) in [5, 5.41) is 11.4. The van der Waals surface area contributed by atoms with Gasteiger partial charge in [-0.3, -0.25) is 9.59 Å². The Morgan fingerprint density at radius 3 is 2.41 bits per heavy atom. The lowest BCUT2D eigenvalue weighted by atomic mass is 10.1. The van der Waals surface area contributed by atoms with Crippen molar-refractivity contribution in [2.24, 2.45) is 0 Å². The molecule has 0 bridgehead atoms. The number of benzene rings is 3. The first-order valence-electron chi connectivity index (χ1n) is 12.1. The number of rotatable bonds is 9. The van der Waals surface area contributed by atoms with Crippen molar-refractivity contribution < 1.29 is 14.4 Å². The molecular weight excluding hydrogens is 511 g/mol. The molecule has 4 amide bonds. The Kier molecular flexibility index (Phi) is 9.04. The minimum atomic E-state index is -0.498. The molecule has 3 aromatic rings. The molecule has 0 heterocycles. The average molecular weight is 539 g/mol. The number of urea groups is 1. The summed E-state index contributed by atoms with van der Waals surface area (Å²) in [4.78, 5) is 37.5. The number of fused-ring (bicyclic) bond motifs is 1. The highest BCUT2D eigenvalue weighted by Crippen LogP contribution is 2.32. The summed E-state index contributed by atoms with van der Waals surface area (Å²) in [5.74, 6) is -0.721. The lowest BCUT2D eigenvalue weighted by Gasteiger charge is -2.15. The zero-order chi connectivity index (χ0) is 26.2. The van der Waals surface area contributed by atoms with E-state index in [-0.39, 0.29) is 53.1 Å². The van der Waals surface area contributed by atoms with E-state index in [1.165, 1.54) is 11.6 Å². The van der Waals surface area contributed by atoms with Gasteiger partial charge in [0, 0.05) is 19.5 Å². The van der Waals surface area contributed by atoms with Gasteiger partial charge in [-0.25, -0.2) is 4.79 Å². The van der Waals surface area contributed by atoms with Crippen LogP contribution in [0.15, 0.2) is 66.7 Å². The molecule has 1 aliphatic rings. The highest BCUT2D eigenvalue weighted by atomic mass is 35.5. The van der Waals surface area contributed by atoms with Gasteiger partial charge in [0.15, 0.2) is 0 Å². The Morgan fingerprint density at radius 1 is 0.865 bits per heavy atom. The van der Waals surface area contributed by atoms with Crippen LogP contribution in [0.5, 0.6) is 0 Å². The smallest absolute Gasteiger partial charge is 0.315 e. The molecule has 1 atom stereocenters. The minimum absolute atomic E-state index is 0.0194. The van der Waals surface area contributed by atoms with Gasteiger partial charge in [0.05, 0.1) is 27.3 Å². The molecule has 0 aliphatic heterocycles. The number of hydrogen-bond donors (Lipinski definition) is 4. The van der Waals surface area contributed by atoms with Crippen LogP contribution in [0, 0.1) is 0 Å². The van der Waals surface area contributed by atoms with Crippen molar-refractivity contribution in [2.75, 3.05) is 18.4 Å². The predicted molar refractivity (Wildman–Crippen MR) is 146 cm³/mol. The quantitative estimate of drug-likeness (QED) is 0.279. The van der Waals surface area contributed by atoms with Crippen LogP contribution in [0.3, 0.4) is 0 Å². The Morgan fingerprint density at radius 2 is 1.59 bits per heavy atom. The molecule has 0 aromatic heterocycles. The number of halogens is 2. The van der Waals surface area contributed by atoms with Crippen molar-refractivity contribution in [1.82, 2.24) is 16.0 Å². The lowest BCUT2D eigenvalue weighted by Crippen LogP contribution is -2.41. The molecule has 0 fully saturated rings. The van der Waals surface area contributed by atoms with Gasteiger partial charge in [-0.1, -0.05) is 77.8 Å². The number of amides is 4. The molecule has 37 heavy (non-hydrogen) atoms. The second kappa shape index (κ2) is 12.6. The number of anilines is 1. The summed E-state index contributed by atoms with van der Waals surface area (Å²) in [7, 11) is 0. The van der Waals surface area contributed by atoms with Crippen molar-refractivity contribution in [3.05, 3.63) is 99.0 Å². The van der Waals surface area contributed by atoms with Crippen molar-refractivity contribution in [3.8, 4) is 0 Å². The van der Waals surface area contributed by atoms with E-state index in [0.29, 0.717) is 12.1 Å². The van der Waals surface area contributed by atoms with Crippen LogP contribution in [-0.4, -0.2) is 30.9 Å². The molecule has 0 saturated carbocycles. The summed E-state index contributed by atoms with van der Waals surface area (Å²) in [6, 6.07) is 20.5. The summed E-state index contributed by atoms with van der Waals surface area (Å²) in [6.07, 6.45) is 2.65. The summed E-state index contributed by atoms with van der Waals surface area (Å²) in [6.45, 7) is 0.394. The van der Waals surface area contributed by atoms with Crippen LogP contribution in [0.4, 0.5) is 10.5 Å². The maximum atomic E-state index is 12.8. The van der Waals surface area contributed by atoms with Gasteiger partial charge in [0.25, 0.3) is 5.91 Å². The highest BCUT2D eigenvalue weighted by Gasteiger charge is 2.23. The third-order valence-electron chi connectivity index (χ3n) is 6.21. The molecule has 0 saturated heterocycles. The van der Waals surface area contributed by atoms with Crippen molar-refractivity contribution in [3.63, 3.8) is 0 Å². The van der Waals surface area contributed by atoms with E-state index in [2.05, 4.69) is 27.3 Å². The number of nitrogens with one attached hydrogen (secondary N) is 4. The van der Waals surface area contributed by atoms with E-state index in [4.69, 9.17) is 23.2 Å². The van der Waals surface area contributed by atoms with E-state index >= 15 is 0 Å². The van der Waals surface area contributed by atoms with Gasteiger partial charge in [0.1, 0.15) is 0 Å². The fraction of sp³-hybridized carbons (Fsp3) is 0.250. The first kappa shape index (κ1) is 26.5. The molecule has 0 spiro atoms. The molecule has 4 N–H and O–H groups in total. The molecule has 3 aromatic carbocycles. The first-order valence-corrected chi connectivity index (χ1v) is 12.9. The number of carbonyl (C=O) groups excluding carboxylic acids is 3. The molecule has 9 heteroatoms. The predicted octanol–water partition coefficient (Wildman–Crippen LogP) is 5.28. The SMILES string of the molecule is O=C(CCc1ccccc1)Nc1ccc(Cl)c(C(=O)NCCNC(=O)N[C@@H]2CCc3ccccc32)c1Cl. The van der Waals surface area contributed by atoms with Crippen LogP contribution in [0.2, 0.25) is 10.0 Å². The maximum absolute atomic E-state index is 12.8. The first-order chi connectivity index (χ1) is 17.9. The van der Waals surface area contributed by atoms with E-state index in [9.17, 15) is 14.4 Å². The zero-order valence-electron chi connectivity index (χ0n) is 20.2. The van der Waals surface area contributed by atoms with Gasteiger partial charge in [-0.15, -0.1) is 0 Å². The van der Waals surface area contributed by atoms with Crippen LogP contribution in [0.1, 0.15) is 45.9 Å². The van der Waals surface area contributed by atoms with Crippen LogP contribution < -0.4 is 21.3 Å². The summed E-state index contributed by atoms with van der Waals surface area (Å²) in [5.41, 5.74) is 3.82. The van der Waals surface area contributed by atoms with E-state index in [1.807, 2.05) is 48.5 Å². The Hall–Kier alpha value is -3.55. The summed E-state index contributed by atoms with van der Waals surface area (Å²) >= 11 is 12.7. The van der Waals surface area contributed by atoms with Gasteiger partial charge in [-0.2, -0.15) is 0 Å². The highest BCUT2D eigenvalue weighted by molar-refractivity contribution is 6.41. The molecule has 1 aliphatic carbocycles. The lowest BCUT2D eigenvalue weighted by molar-refractivity contribution is -0.116. The average Bonchev–Trinajstić information content (AvgIpc) is 3.30. The van der Waals surface area contributed by atoms with Crippen LogP contribution in [-0.2, 0) is 17.6 Å². The minimum Gasteiger partial charge on any atom is -0.350 e. The topological polar surface area (TPSA) is 99.3 Å². The normalized spacial score (nSPS) is 13.9. The molecule has 4 rings (SSSR count). The third kappa shape index (κ3) is 7.02. The van der Waals surface area contributed by atoms with Gasteiger partial charge in [0.2, 0.25) is 5.91 Å². The Bertz CT molecular complexity index is 1280. The maximum Gasteiger partial charge on any atom is 0.315 e. The third-order valence-corrected chi connectivity index (χ3v) is 6.92. The zero-order valence-corrected chi connectivity index (χ0v) is 21.7. The van der Waals surface area contributed by atoms with E-state index < -0.39 is 5.91 Å². The van der Waals surface area contributed by atoms with Gasteiger partial charge >= 0.3 is 6.03 Å². The van der Waals surface area contributed by atoms with Crippen LogP contribution in [0.25, 0.3) is 0 Å². The largest absolute Gasteiger partial charge is 0.350 e. The molecule has 0 radical (unpaired) electrons.